The Hall–Kier alpha value is -2.49. The van der Waals surface area contributed by atoms with Gasteiger partial charge in [0.1, 0.15) is 0 Å². The first kappa shape index (κ1) is 13.9. The number of nitrogens with two attached hydrogens (primary N) is 1. The summed E-state index contributed by atoms with van der Waals surface area (Å²) in [6.07, 6.45) is -0.210. The van der Waals surface area contributed by atoms with E-state index in [0.29, 0.717) is 25.2 Å². The topological polar surface area (TPSA) is 66.6 Å². The Balaban J connectivity index is 1.99. The molecule has 0 saturated heterocycles. The van der Waals surface area contributed by atoms with Crippen molar-refractivity contribution in [1.29, 1.82) is 0 Å². The Morgan fingerprint density at radius 2 is 1.75 bits per heavy atom. The SMILES string of the molecule is Nc1cccc(CN(CCc2ccccc2)C(=O)O)c1. The van der Waals surface area contributed by atoms with Crippen LogP contribution in [-0.4, -0.2) is 22.6 Å². The highest BCUT2D eigenvalue weighted by Gasteiger charge is 2.12. The van der Waals surface area contributed by atoms with E-state index >= 15 is 0 Å². The number of hydrogen-bond donors (Lipinski definition) is 2. The molecule has 0 heterocycles. The molecule has 0 aliphatic carbocycles. The van der Waals surface area contributed by atoms with Crippen molar-refractivity contribution in [2.24, 2.45) is 0 Å². The maximum absolute atomic E-state index is 11.3. The smallest absolute Gasteiger partial charge is 0.407 e. The van der Waals surface area contributed by atoms with Crippen LogP contribution in [0.1, 0.15) is 11.1 Å². The molecule has 0 aliphatic heterocycles. The molecule has 0 spiro atoms. The lowest BCUT2D eigenvalue weighted by Gasteiger charge is -2.19. The first-order valence-corrected chi connectivity index (χ1v) is 6.51. The van der Waals surface area contributed by atoms with Crippen LogP contribution in [0, 0.1) is 0 Å². The summed E-state index contributed by atoms with van der Waals surface area (Å²) in [5, 5.41) is 9.28. The van der Waals surface area contributed by atoms with Crippen LogP contribution in [0.25, 0.3) is 0 Å². The largest absolute Gasteiger partial charge is 0.465 e. The minimum Gasteiger partial charge on any atom is -0.465 e. The van der Waals surface area contributed by atoms with Crippen LogP contribution in [0.15, 0.2) is 54.6 Å². The van der Waals surface area contributed by atoms with Gasteiger partial charge in [-0.1, -0.05) is 42.5 Å². The molecule has 4 nitrogen and oxygen atoms in total. The van der Waals surface area contributed by atoms with E-state index in [9.17, 15) is 9.90 Å². The van der Waals surface area contributed by atoms with Gasteiger partial charge in [-0.05, 0) is 29.7 Å². The molecule has 2 aromatic rings. The van der Waals surface area contributed by atoms with Crippen molar-refractivity contribution in [2.75, 3.05) is 12.3 Å². The lowest BCUT2D eigenvalue weighted by atomic mass is 10.1. The Morgan fingerprint density at radius 1 is 1.05 bits per heavy atom. The fraction of sp³-hybridized carbons (Fsp3) is 0.188. The van der Waals surface area contributed by atoms with Crippen molar-refractivity contribution in [3.05, 3.63) is 65.7 Å². The maximum atomic E-state index is 11.3. The number of carbonyl (C=O) groups is 1. The molecule has 2 aromatic carbocycles. The second-order valence-electron chi connectivity index (χ2n) is 4.68. The highest BCUT2D eigenvalue weighted by Crippen LogP contribution is 2.11. The molecule has 0 radical (unpaired) electrons. The number of nitrogens with zero attached hydrogens (tertiary/aromatic N) is 1. The summed E-state index contributed by atoms with van der Waals surface area (Å²) in [6.45, 7) is 0.821. The first-order valence-electron chi connectivity index (χ1n) is 6.51. The zero-order chi connectivity index (χ0) is 14.4. The zero-order valence-electron chi connectivity index (χ0n) is 11.2. The molecule has 0 aromatic heterocycles. The molecule has 104 valence electrons. The Bertz CT molecular complexity index is 570. The van der Waals surface area contributed by atoms with Gasteiger partial charge in [-0.25, -0.2) is 4.79 Å². The third-order valence-corrected chi connectivity index (χ3v) is 3.11. The highest BCUT2D eigenvalue weighted by molar-refractivity contribution is 5.65. The van der Waals surface area contributed by atoms with Crippen LogP contribution < -0.4 is 5.73 Å². The Morgan fingerprint density at radius 3 is 2.40 bits per heavy atom. The Labute approximate surface area is 118 Å². The molecule has 0 saturated carbocycles. The number of amides is 1. The van der Waals surface area contributed by atoms with E-state index in [-0.39, 0.29) is 0 Å². The number of carboxylic acid groups (broad SMARTS) is 1. The number of nitrogen functional groups attached to an aromatic ring is 1. The first-order chi connectivity index (χ1) is 9.65. The molecular weight excluding hydrogens is 252 g/mol. The molecule has 20 heavy (non-hydrogen) atoms. The van der Waals surface area contributed by atoms with Gasteiger partial charge in [0.05, 0.1) is 0 Å². The van der Waals surface area contributed by atoms with Crippen LogP contribution in [0.4, 0.5) is 10.5 Å². The summed E-state index contributed by atoms with van der Waals surface area (Å²) >= 11 is 0. The van der Waals surface area contributed by atoms with Gasteiger partial charge in [-0.3, -0.25) is 0 Å². The van der Waals surface area contributed by atoms with Gasteiger partial charge in [0.25, 0.3) is 0 Å². The number of anilines is 1. The van der Waals surface area contributed by atoms with Gasteiger partial charge in [-0.15, -0.1) is 0 Å². The summed E-state index contributed by atoms with van der Waals surface area (Å²) in [5.41, 5.74) is 8.39. The second-order valence-corrected chi connectivity index (χ2v) is 4.68. The van der Waals surface area contributed by atoms with Crippen LogP contribution >= 0.6 is 0 Å². The predicted molar refractivity (Wildman–Crippen MR) is 79.4 cm³/mol. The molecule has 4 heteroatoms. The van der Waals surface area contributed by atoms with Gasteiger partial charge in [0, 0.05) is 18.8 Å². The molecule has 0 unspecified atom stereocenters. The van der Waals surface area contributed by atoms with Crippen molar-refractivity contribution >= 4 is 11.8 Å². The predicted octanol–water partition coefficient (Wildman–Crippen LogP) is 2.99. The number of benzene rings is 2. The fourth-order valence-electron chi connectivity index (χ4n) is 2.06. The van der Waals surface area contributed by atoms with E-state index in [4.69, 9.17) is 5.73 Å². The summed E-state index contributed by atoms with van der Waals surface area (Å²) in [5.74, 6) is 0. The van der Waals surface area contributed by atoms with Crippen molar-refractivity contribution in [2.45, 2.75) is 13.0 Å². The van der Waals surface area contributed by atoms with Crippen LogP contribution in [0.2, 0.25) is 0 Å². The maximum Gasteiger partial charge on any atom is 0.407 e. The molecular formula is C16H18N2O2. The van der Waals surface area contributed by atoms with Crippen LogP contribution in [-0.2, 0) is 13.0 Å². The summed E-state index contributed by atoms with van der Waals surface area (Å²) in [4.78, 5) is 12.7. The van der Waals surface area contributed by atoms with Gasteiger partial charge < -0.3 is 15.7 Å². The third-order valence-electron chi connectivity index (χ3n) is 3.11. The zero-order valence-corrected chi connectivity index (χ0v) is 11.2. The van der Waals surface area contributed by atoms with Gasteiger partial charge in [0.2, 0.25) is 0 Å². The lowest BCUT2D eigenvalue weighted by Crippen LogP contribution is -2.31. The molecule has 0 fully saturated rings. The average molecular weight is 270 g/mol. The van der Waals surface area contributed by atoms with E-state index in [1.165, 1.54) is 4.90 Å². The van der Waals surface area contributed by atoms with E-state index in [1.807, 2.05) is 42.5 Å². The van der Waals surface area contributed by atoms with Crippen molar-refractivity contribution in [1.82, 2.24) is 4.90 Å². The minimum absolute atomic E-state index is 0.354. The molecule has 0 aliphatic rings. The molecule has 2 rings (SSSR count). The normalized spacial score (nSPS) is 10.2. The summed E-state index contributed by atoms with van der Waals surface area (Å²) < 4.78 is 0. The second kappa shape index (κ2) is 6.61. The lowest BCUT2D eigenvalue weighted by molar-refractivity contribution is 0.143. The molecule has 0 atom stereocenters. The standard InChI is InChI=1S/C16H18N2O2/c17-15-8-4-7-14(11-15)12-18(16(19)20)10-9-13-5-2-1-3-6-13/h1-8,11H,9-10,12,17H2,(H,19,20). The summed E-state index contributed by atoms with van der Waals surface area (Å²) in [6, 6.07) is 17.2. The number of hydrogen-bond acceptors (Lipinski definition) is 2. The Kier molecular flexibility index (Phi) is 4.60. The van der Waals surface area contributed by atoms with Gasteiger partial charge in [-0.2, -0.15) is 0 Å². The third kappa shape index (κ3) is 4.02. The van der Waals surface area contributed by atoms with E-state index < -0.39 is 6.09 Å². The van der Waals surface area contributed by atoms with Crippen LogP contribution in [0.3, 0.4) is 0 Å². The highest BCUT2D eigenvalue weighted by atomic mass is 16.4. The molecule has 3 N–H and O–H groups in total. The quantitative estimate of drug-likeness (QED) is 0.821. The van der Waals surface area contributed by atoms with E-state index in [2.05, 4.69) is 0 Å². The van der Waals surface area contributed by atoms with E-state index in [1.54, 1.807) is 12.1 Å². The summed E-state index contributed by atoms with van der Waals surface area (Å²) in [7, 11) is 0. The van der Waals surface area contributed by atoms with Crippen molar-refractivity contribution in [3.8, 4) is 0 Å². The molecule has 0 bridgehead atoms. The minimum atomic E-state index is -0.914. The molecule has 1 amide bonds. The number of rotatable bonds is 5. The van der Waals surface area contributed by atoms with Gasteiger partial charge >= 0.3 is 6.09 Å². The van der Waals surface area contributed by atoms with Crippen molar-refractivity contribution < 1.29 is 9.90 Å². The van der Waals surface area contributed by atoms with E-state index in [0.717, 1.165) is 11.1 Å². The van der Waals surface area contributed by atoms with Crippen molar-refractivity contribution in [3.63, 3.8) is 0 Å². The average Bonchev–Trinajstić information content (AvgIpc) is 2.44. The van der Waals surface area contributed by atoms with Gasteiger partial charge in [0.15, 0.2) is 0 Å². The fourth-order valence-corrected chi connectivity index (χ4v) is 2.06. The monoisotopic (exact) mass is 270 g/mol. The van der Waals surface area contributed by atoms with Crippen LogP contribution in [0.5, 0.6) is 0 Å².